The molecule has 5 heteroatoms. The van der Waals surface area contributed by atoms with Crippen molar-refractivity contribution in [2.24, 2.45) is 0 Å². The first-order valence-corrected chi connectivity index (χ1v) is 6.64. The number of nitrogens with zero attached hydrogens (tertiary/aromatic N) is 1. The van der Waals surface area contributed by atoms with Crippen LogP contribution in [-0.4, -0.2) is 4.92 Å². The van der Waals surface area contributed by atoms with E-state index in [2.05, 4.69) is 0 Å². The van der Waals surface area contributed by atoms with Crippen molar-refractivity contribution >= 4 is 29.1 Å². The number of benzene rings is 2. The molecule has 0 saturated carbocycles. The fourth-order valence-electron chi connectivity index (χ4n) is 1.44. The topological polar surface area (TPSA) is 43.1 Å². The van der Waals surface area contributed by atoms with Crippen LogP contribution < -0.4 is 0 Å². The third kappa shape index (κ3) is 3.24. The average molecular weight is 280 g/mol. The van der Waals surface area contributed by atoms with Crippen LogP contribution in [0.15, 0.2) is 53.4 Å². The molecule has 0 saturated heterocycles. The number of thioether (sulfide) groups is 1. The summed E-state index contributed by atoms with van der Waals surface area (Å²) in [4.78, 5) is 11.1. The van der Waals surface area contributed by atoms with Crippen LogP contribution in [0.2, 0.25) is 5.02 Å². The molecule has 0 bridgehead atoms. The molecule has 2 aromatic rings. The van der Waals surface area contributed by atoms with Crippen molar-refractivity contribution in [2.45, 2.75) is 10.6 Å². The average Bonchev–Trinajstić information content (AvgIpc) is 2.38. The Balaban J connectivity index is 2.02. The highest BCUT2D eigenvalue weighted by Crippen LogP contribution is 2.29. The lowest BCUT2D eigenvalue weighted by atomic mass is 10.2. The molecule has 0 amide bonds. The highest BCUT2D eigenvalue weighted by atomic mass is 35.5. The summed E-state index contributed by atoms with van der Waals surface area (Å²) >= 11 is 7.66. The summed E-state index contributed by atoms with van der Waals surface area (Å²) in [6.45, 7) is 0. The molecule has 2 aromatic carbocycles. The van der Waals surface area contributed by atoms with Crippen LogP contribution in [0, 0.1) is 10.1 Å². The monoisotopic (exact) mass is 279 g/mol. The standard InChI is InChI=1S/C13H10ClNO2S/c14-12-3-1-2-4-13(12)18-9-10-5-7-11(8-6-10)15(16)17/h1-8H,9H2. The van der Waals surface area contributed by atoms with Crippen molar-refractivity contribution in [3.63, 3.8) is 0 Å². The second-order valence-electron chi connectivity index (χ2n) is 3.64. The van der Waals surface area contributed by atoms with Gasteiger partial charge in [0.05, 0.1) is 9.95 Å². The van der Waals surface area contributed by atoms with Gasteiger partial charge >= 0.3 is 0 Å². The summed E-state index contributed by atoms with van der Waals surface area (Å²) < 4.78 is 0. The lowest BCUT2D eigenvalue weighted by molar-refractivity contribution is -0.384. The van der Waals surface area contributed by atoms with Gasteiger partial charge in [0.25, 0.3) is 5.69 Å². The van der Waals surface area contributed by atoms with E-state index in [9.17, 15) is 10.1 Å². The summed E-state index contributed by atoms with van der Waals surface area (Å²) in [7, 11) is 0. The Labute approximate surface area is 114 Å². The van der Waals surface area contributed by atoms with Crippen molar-refractivity contribution in [2.75, 3.05) is 0 Å². The van der Waals surface area contributed by atoms with Crippen LogP contribution in [0.5, 0.6) is 0 Å². The van der Waals surface area contributed by atoms with E-state index in [1.807, 2.05) is 24.3 Å². The zero-order valence-corrected chi connectivity index (χ0v) is 10.9. The van der Waals surface area contributed by atoms with Gasteiger partial charge in [-0.1, -0.05) is 35.9 Å². The Bertz CT molecular complexity index is 557. The molecule has 3 nitrogen and oxygen atoms in total. The number of hydrogen-bond acceptors (Lipinski definition) is 3. The minimum absolute atomic E-state index is 0.112. The molecular weight excluding hydrogens is 270 g/mol. The Hall–Kier alpha value is -1.52. The van der Waals surface area contributed by atoms with Gasteiger partial charge in [-0.3, -0.25) is 10.1 Å². The summed E-state index contributed by atoms with van der Waals surface area (Å²) in [5.74, 6) is 0.738. The first-order chi connectivity index (χ1) is 8.66. The molecule has 0 aliphatic rings. The number of non-ortho nitro benzene ring substituents is 1. The van der Waals surface area contributed by atoms with E-state index >= 15 is 0 Å². The molecule has 0 N–H and O–H groups in total. The molecule has 0 aliphatic heterocycles. The summed E-state index contributed by atoms with van der Waals surface area (Å²) in [6, 6.07) is 14.2. The Morgan fingerprint density at radius 3 is 2.39 bits per heavy atom. The Kier molecular flexibility index (Phi) is 4.23. The van der Waals surface area contributed by atoms with E-state index in [0.29, 0.717) is 0 Å². The van der Waals surface area contributed by atoms with Crippen LogP contribution in [0.3, 0.4) is 0 Å². The van der Waals surface area contributed by atoms with Gasteiger partial charge in [0.15, 0.2) is 0 Å². The molecule has 0 atom stereocenters. The lowest BCUT2D eigenvalue weighted by Gasteiger charge is -2.03. The second kappa shape index (κ2) is 5.89. The highest BCUT2D eigenvalue weighted by Gasteiger charge is 2.05. The molecular formula is C13H10ClNO2S. The molecule has 0 spiro atoms. The predicted octanol–water partition coefficient (Wildman–Crippen LogP) is 4.54. The molecule has 0 aliphatic carbocycles. The van der Waals surface area contributed by atoms with Crippen LogP contribution in [-0.2, 0) is 5.75 Å². The maximum atomic E-state index is 10.5. The second-order valence-corrected chi connectivity index (χ2v) is 5.07. The van der Waals surface area contributed by atoms with Crippen molar-refractivity contribution in [3.8, 4) is 0 Å². The number of nitro groups is 1. The third-order valence-electron chi connectivity index (χ3n) is 2.38. The molecule has 18 heavy (non-hydrogen) atoms. The van der Waals surface area contributed by atoms with Gasteiger partial charge in [-0.15, -0.1) is 11.8 Å². The summed E-state index contributed by atoms with van der Waals surface area (Å²) in [5.41, 5.74) is 1.15. The smallest absolute Gasteiger partial charge is 0.258 e. The highest BCUT2D eigenvalue weighted by molar-refractivity contribution is 7.98. The molecule has 0 unspecified atom stereocenters. The number of hydrogen-bond donors (Lipinski definition) is 0. The maximum Gasteiger partial charge on any atom is 0.269 e. The van der Waals surface area contributed by atoms with Gasteiger partial charge in [-0.05, 0) is 17.7 Å². The van der Waals surface area contributed by atoms with E-state index in [-0.39, 0.29) is 5.69 Å². The van der Waals surface area contributed by atoms with Crippen molar-refractivity contribution < 1.29 is 4.92 Å². The van der Waals surface area contributed by atoms with E-state index in [1.165, 1.54) is 12.1 Å². The van der Waals surface area contributed by atoms with Crippen LogP contribution in [0.4, 0.5) is 5.69 Å². The largest absolute Gasteiger partial charge is 0.269 e. The fraction of sp³-hybridized carbons (Fsp3) is 0.0769. The van der Waals surface area contributed by atoms with Crippen molar-refractivity contribution in [3.05, 3.63) is 69.2 Å². The van der Waals surface area contributed by atoms with E-state index < -0.39 is 4.92 Å². The normalized spacial score (nSPS) is 10.3. The van der Waals surface area contributed by atoms with Gasteiger partial charge in [-0.25, -0.2) is 0 Å². The Morgan fingerprint density at radius 2 is 1.78 bits per heavy atom. The van der Waals surface area contributed by atoms with Gasteiger partial charge in [0, 0.05) is 22.8 Å². The van der Waals surface area contributed by atoms with E-state index in [0.717, 1.165) is 21.2 Å². The zero-order valence-electron chi connectivity index (χ0n) is 9.38. The predicted molar refractivity (Wildman–Crippen MR) is 74.1 cm³/mol. The fourth-order valence-corrected chi connectivity index (χ4v) is 2.63. The minimum atomic E-state index is -0.398. The molecule has 0 radical (unpaired) electrons. The van der Waals surface area contributed by atoms with Gasteiger partial charge < -0.3 is 0 Å². The molecule has 2 rings (SSSR count). The molecule has 0 aromatic heterocycles. The number of nitro benzene ring substituents is 1. The minimum Gasteiger partial charge on any atom is -0.258 e. The van der Waals surface area contributed by atoms with Crippen LogP contribution in [0.25, 0.3) is 0 Å². The van der Waals surface area contributed by atoms with Crippen molar-refractivity contribution in [1.82, 2.24) is 0 Å². The number of rotatable bonds is 4. The Morgan fingerprint density at radius 1 is 1.11 bits per heavy atom. The van der Waals surface area contributed by atoms with Crippen molar-refractivity contribution in [1.29, 1.82) is 0 Å². The first kappa shape index (κ1) is 12.9. The summed E-state index contributed by atoms with van der Waals surface area (Å²) in [6.07, 6.45) is 0. The maximum absolute atomic E-state index is 10.5. The van der Waals surface area contributed by atoms with Gasteiger partial charge in [0.1, 0.15) is 0 Å². The van der Waals surface area contributed by atoms with Gasteiger partial charge in [0.2, 0.25) is 0 Å². The molecule has 92 valence electrons. The van der Waals surface area contributed by atoms with Gasteiger partial charge in [-0.2, -0.15) is 0 Å². The summed E-state index contributed by atoms with van der Waals surface area (Å²) in [5, 5.41) is 11.2. The molecule has 0 heterocycles. The van der Waals surface area contributed by atoms with E-state index in [1.54, 1.807) is 23.9 Å². The first-order valence-electron chi connectivity index (χ1n) is 5.27. The molecule has 0 fully saturated rings. The van der Waals surface area contributed by atoms with Crippen LogP contribution in [0.1, 0.15) is 5.56 Å². The number of halogens is 1. The third-order valence-corrected chi connectivity index (χ3v) is 3.96. The SMILES string of the molecule is O=[N+]([O-])c1ccc(CSc2ccccc2Cl)cc1. The quantitative estimate of drug-likeness (QED) is 0.469. The lowest BCUT2D eigenvalue weighted by Crippen LogP contribution is -1.88. The van der Waals surface area contributed by atoms with Crippen LogP contribution >= 0.6 is 23.4 Å². The van der Waals surface area contributed by atoms with E-state index in [4.69, 9.17) is 11.6 Å². The zero-order chi connectivity index (χ0) is 13.0.